The highest BCUT2D eigenvalue weighted by molar-refractivity contribution is 5.74. The molecule has 2 N–H and O–H groups in total. The van der Waals surface area contributed by atoms with E-state index in [2.05, 4.69) is 10.3 Å². The van der Waals surface area contributed by atoms with Gasteiger partial charge in [0, 0.05) is 6.54 Å². The molecule has 1 aromatic carbocycles. The summed E-state index contributed by atoms with van der Waals surface area (Å²) in [5.74, 6) is 0.481. The quantitative estimate of drug-likeness (QED) is 0.818. The summed E-state index contributed by atoms with van der Waals surface area (Å²) in [7, 11) is 0. The van der Waals surface area contributed by atoms with Gasteiger partial charge in [0.1, 0.15) is 5.52 Å². The molecule has 1 saturated carbocycles. The molecule has 0 aliphatic heterocycles. The van der Waals surface area contributed by atoms with Crippen LogP contribution in [0.4, 0.5) is 6.01 Å². The largest absolute Gasteiger partial charge is 0.424 e. The van der Waals surface area contributed by atoms with Crippen molar-refractivity contribution >= 4 is 17.1 Å². The Labute approximate surface area is 119 Å². The summed E-state index contributed by atoms with van der Waals surface area (Å²) < 4.78 is 5.61. The number of aromatic nitrogens is 1. The number of para-hydroxylation sites is 2. The minimum Gasteiger partial charge on any atom is -0.424 e. The van der Waals surface area contributed by atoms with Crippen LogP contribution in [-0.2, 0) is 0 Å². The zero-order valence-corrected chi connectivity index (χ0v) is 11.7. The fourth-order valence-electron chi connectivity index (χ4n) is 3.03. The van der Waals surface area contributed by atoms with E-state index < -0.39 is 0 Å². The summed E-state index contributed by atoms with van der Waals surface area (Å²) in [6.07, 6.45) is 6.62. The highest BCUT2D eigenvalue weighted by atomic mass is 16.4. The maximum absolute atomic E-state index is 9.93. The highest BCUT2D eigenvalue weighted by Gasteiger charge is 2.22. The third-order valence-corrected chi connectivity index (χ3v) is 4.19. The van der Waals surface area contributed by atoms with Gasteiger partial charge in [-0.1, -0.05) is 25.0 Å². The molecule has 0 saturated heterocycles. The van der Waals surface area contributed by atoms with Gasteiger partial charge in [-0.25, -0.2) is 0 Å². The van der Waals surface area contributed by atoms with Crippen LogP contribution in [-0.4, -0.2) is 22.7 Å². The van der Waals surface area contributed by atoms with Crippen molar-refractivity contribution in [2.45, 2.75) is 44.6 Å². The molecule has 0 amide bonds. The minimum absolute atomic E-state index is 0.0897. The van der Waals surface area contributed by atoms with E-state index in [1.807, 2.05) is 24.3 Å². The zero-order valence-electron chi connectivity index (χ0n) is 11.7. The number of hydrogen-bond donors (Lipinski definition) is 2. The molecule has 1 fully saturated rings. The summed E-state index contributed by atoms with van der Waals surface area (Å²) in [6, 6.07) is 8.37. The van der Waals surface area contributed by atoms with Crippen LogP contribution in [0.25, 0.3) is 11.1 Å². The van der Waals surface area contributed by atoms with Gasteiger partial charge in [-0.2, -0.15) is 4.98 Å². The van der Waals surface area contributed by atoms with Crippen LogP contribution in [0.15, 0.2) is 28.7 Å². The average molecular weight is 274 g/mol. The van der Waals surface area contributed by atoms with Crippen molar-refractivity contribution in [3.63, 3.8) is 0 Å². The normalized spacial score (nSPS) is 23.1. The second-order valence-corrected chi connectivity index (χ2v) is 5.67. The van der Waals surface area contributed by atoms with Gasteiger partial charge in [0.2, 0.25) is 0 Å². The molecule has 1 aliphatic carbocycles. The van der Waals surface area contributed by atoms with Gasteiger partial charge in [-0.3, -0.25) is 0 Å². The summed E-state index contributed by atoms with van der Waals surface area (Å²) in [4.78, 5) is 4.38. The Morgan fingerprint density at radius 1 is 1.25 bits per heavy atom. The summed E-state index contributed by atoms with van der Waals surface area (Å²) in [5.41, 5.74) is 1.70. The molecular formula is C16H22N2O2. The fraction of sp³-hybridized carbons (Fsp3) is 0.562. The molecular weight excluding hydrogens is 252 g/mol. The Hall–Kier alpha value is -1.55. The van der Waals surface area contributed by atoms with Crippen LogP contribution >= 0.6 is 0 Å². The lowest BCUT2D eigenvalue weighted by molar-refractivity contribution is 0.0647. The number of rotatable bonds is 5. The smallest absolute Gasteiger partial charge is 0.295 e. The first-order valence-corrected chi connectivity index (χ1v) is 7.60. The molecule has 0 spiro atoms. The zero-order chi connectivity index (χ0) is 13.8. The molecule has 108 valence electrons. The van der Waals surface area contributed by atoms with E-state index >= 15 is 0 Å². The Bertz CT molecular complexity index is 519. The number of oxazole rings is 1. The monoisotopic (exact) mass is 274 g/mol. The van der Waals surface area contributed by atoms with Crippen molar-refractivity contribution in [1.29, 1.82) is 0 Å². The number of nitrogens with zero attached hydrogens (tertiary/aromatic N) is 1. The Morgan fingerprint density at radius 2 is 2.10 bits per heavy atom. The Kier molecular flexibility index (Phi) is 4.21. The lowest BCUT2D eigenvalue weighted by Gasteiger charge is -2.27. The first kappa shape index (κ1) is 13.4. The Balaban J connectivity index is 1.45. The predicted molar refractivity (Wildman–Crippen MR) is 79.7 cm³/mol. The third-order valence-electron chi connectivity index (χ3n) is 4.19. The van der Waals surface area contributed by atoms with Crippen LogP contribution in [0.3, 0.4) is 0 Å². The van der Waals surface area contributed by atoms with Crippen molar-refractivity contribution < 1.29 is 9.52 Å². The number of aliphatic hydroxyl groups is 1. The molecule has 2 aromatic rings. The molecule has 2 unspecified atom stereocenters. The van der Waals surface area contributed by atoms with Gasteiger partial charge in [0.25, 0.3) is 6.01 Å². The van der Waals surface area contributed by atoms with Gasteiger partial charge in [-0.05, 0) is 43.7 Å². The number of fused-ring (bicyclic) bond motifs is 1. The van der Waals surface area contributed by atoms with E-state index in [1.54, 1.807) is 0 Å². The highest BCUT2D eigenvalue weighted by Crippen LogP contribution is 2.28. The van der Waals surface area contributed by atoms with Crippen LogP contribution in [0.2, 0.25) is 0 Å². The average Bonchev–Trinajstić information content (AvgIpc) is 2.88. The summed E-state index contributed by atoms with van der Waals surface area (Å²) in [5, 5.41) is 13.2. The van der Waals surface area contributed by atoms with Crippen molar-refractivity contribution in [1.82, 2.24) is 4.98 Å². The third kappa shape index (κ3) is 3.12. The van der Waals surface area contributed by atoms with Crippen molar-refractivity contribution in [2.24, 2.45) is 5.92 Å². The van der Waals surface area contributed by atoms with Crippen LogP contribution in [0, 0.1) is 5.92 Å². The molecule has 0 radical (unpaired) electrons. The summed E-state index contributed by atoms with van der Waals surface area (Å²) >= 11 is 0. The maximum atomic E-state index is 9.93. The maximum Gasteiger partial charge on any atom is 0.295 e. The number of aliphatic hydroxyl groups excluding tert-OH is 1. The van der Waals surface area contributed by atoms with E-state index in [-0.39, 0.29) is 6.10 Å². The molecule has 3 rings (SSSR count). The molecule has 1 heterocycles. The van der Waals surface area contributed by atoms with E-state index in [0.717, 1.165) is 36.9 Å². The standard InChI is InChI=1S/C16H22N2O2/c19-14-9-3-1-6-12(14)7-5-11-17-16-18-13-8-2-4-10-15(13)20-16/h2,4,8,10,12,14,19H,1,3,5-7,9,11H2,(H,17,18). The van der Waals surface area contributed by atoms with Crippen LogP contribution in [0.1, 0.15) is 38.5 Å². The van der Waals surface area contributed by atoms with E-state index in [4.69, 9.17) is 4.42 Å². The van der Waals surface area contributed by atoms with Crippen molar-refractivity contribution in [3.8, 4) is 0 Å². The lowest BCUT2D eigenvalue weighted by atomic mass is 9.83. The van der Waals surface area contributed by atoms with Gasteiger partial charge in [0.15, 0.2) is 5.58 Å². The topological polar surface area (TPSA) is 58.3 Å². The lowest BCUT2D eigenvalue weighted by Crippen LogP contribution is -2.24. The minimum atomic E-state index is -0.0897. The number of benzene rings is 1. The van der Waals surface area contributed by atoms with Crippen LogP contribution in [0.5, 0.6) is 0 Å². The van der Waals surface area contributed by atoms with Crippen molar-refractivity contribution in [3.05, 3.63) is 24.3 Å². The summed E-state index contributed by atoms with van der Waals surface area (Å²) in [6.45, 7) is 0.843. The number of anilines is 1. The molecule has 4 nitrogen and oxygen atoms in total. The predicted octanol–water partition coefficient (Wildman–Crippen LogP) is 3.57. The molecule has 1 aliphatic rings. The van der Waals surface area contributed by atoms with E-state index in [0.29, 0.717) is 11.9 Å². The van der Waals surface area contributed by atoms with Gasteiger partial charge >= 0.3 is 0 Å². The van der Waals surface area contributed by atoms with Gasteiger partial charge < -0.3 is 14.8 Å². The fourth-order valence-corrected chi connectivity index (χ4v) is 3.03. The molecule has 0 bridgehead atoms. The van der Waals surface area contributed by atoms with Gasteiger partial charge in [-0.15, -0.1) is 0 Å². The molecule has 1 aromatic heterocycles. The molecule has 20 heavy (non-hydrogen) atoms. The SMILES string of the molecule is OC1CCCCC1CCCNc1nc2ccccc2o1. The molecule has 2 atom stereocenters. The van der Waals surface area contributed by atoms with Crippen LogP contribution < -0.4 is 5.32 Å². The number of hydrogen-bond acceptors (Lipinski definition) is 4. The molecule has 4 heteroatoms. The second-order valence-electron chi connectivity index (χ2n) is 5.67. The van der Waals surface area contributed by atoms with E-state index in [9.17, 15) is 5.11 Å². The van der Waals surface area contributed by atoms with Gasteiger partial charge in [0.05, 0.1) is 6.10 Å². The first-order valence-electron chi connectivity index (χ1n) is 7.60. The first-order chi connectivity index (χ1) is 9.83. The second kappa shape index (κ2) is 6.27. The number of nitrogens with one attached hydrogen (secondary N) is 1. The Morgan fingerprint density at radius 3 is 2.95 bits per heavy atom. The van der Waals surface area contributed by atoms with E-state index in [1.165, 1.54) is 19.3 Å². The van der Waals surface area contributed by atoms with Crippen molar-refractivity contribution in [2.75, 3.05) is 11.9 Å².